The number of amides is 1. The van der Waals surface area contributed by atoms with Crippen molar-refractivity contribution in [2.24, 2.45) is 0 Å². The molecular formula is C17H19BrN2O. The lowest BCUT2D eigenvalue weighted by atomic mass is 10.1. The molecule has 4 heteroatoms. The average molecular weight is 347 g/mol. The molecule has 1 amide bonds. The summed E-state index contributed by atoms with van der Waals surface area (Å²) in [5.74, 6) is 0.0175. The van der Waals surface area contributed by atoms with Crippen LogP contribution in [0.3, 0.4) is 0 Å². The highest BCUT2D eigenvalue weighted by atomic mass is 79.9. The van der Waals surface area contributed by atoms with Crippen LogP contribution >= 0.6 is 15.9 Å². The van der Waals surface area contributed by atoms with Gasteiger partial charge in [-0.05, 0) is 48.4 Å². The number of nitrogens with one attached hydrogen (secondary N) is 2. The van der Waals surface area contributed by atoms with Crippen molar-refractivity contribution >= 4 is 33.2 Å². The van der Waals surface area contributed by atoms with Crippen LogP contribution < -0.4 is 10.6 Å². The SMILES string of the molecule is CCc1ccc(NC(=O)CCNc2ccc(Br)cc2)cc1. The van der Waals surface area contributed by atoms with Gasteiger partial charge in [0.05, 0.1) is 0 Å². The zero-order valence-corrected chi connectivity index (χ0v) is 13.6. The van der Waals surface area contributed by atoms with Gasteiger partial charge >= 0.3 is 0 Å². The zero-order valence-electron chi connectivity index (χ0n) is 12.0. The topological polar surface area (TPSA) is 41.1 Å². The molecule has 0 aromatic heterocycles. The minimum Gasteiger partial charge on any atom is -0.385 e. The van der Waals surface area contributed by atoms with E-state index in [0.29, 0.717) is 13.0 Å². The Morgan fingerprint density at radius 1 is 1.00 bits per heavy atom. The van der Waals surface area contributed by atoms with Gasteiger partial charge in [0, 0.05) is 28.8 Å². The highest BCUT2D eigenvalue weighted by molar-refractivity contribution is 9.10. The second-order valence-electron chi connectivity index (χ2n) is 4.78. The number of benzene rings is 2. The van der Waals surface area contributed by atoms with Crippen LogP contribution in [-0.2, 0) is 11.2 Å². The summed E-state index contributed by atoms with van der Waals surface area (Å²) < 4.78 is 1.04. The van der Waals surface area contributed by atoms with Crippen molar-refractivity contribution in [3.8, 4) is 0 Å². The summed E-state index contributed by atoms with van der Waals surface area (Å²) in [5.41, 5.74) is 3.13. The third-order valence-corrected chi connectivity index (χ3v) is 3.70. The Morgan fingerprint density at radius 2 is 1.62 bits per heavy atom. The Bertz CT molecular complexity index is 579. The van der Waals surface area contributed by atoms with Crippen LogP contribution in [0.2, 0.25) is 0 Å². The van der Waals surface area contributed by atoms with Crippen molar-refractivity contribution in [2.45, 2.75) is 19.8 Å². The molecule has 0 atom stereocenters. The number of halogens is 1. The van der Waals surface area contributed by atoms with E-state index in [1.165, 1.54) is 5.56 Å². The summed E-state index contributed by atoms with van der Waals surface area (Å²) in [6.07, 6.45) is 1.44. The first-order valence-electron chi connectivity index (χ1n) is 7.05. The molecule has 0 bridgehead atoms. The Hall–Kier alpha value is -1.81. The molecule has 0 aliphatic carbocycles. The fourth-order valence-corrected chi connectivity index (χ4v) is 2.20. The number of anilines is 2. The molecule has 0 aliphatic heterocycles. The highest BCUT2D eigenvalue weighted by Gasteiger charge is 2.02. The number of rotatable bonds is 6. The van der Waals surface area contributed by atoms with E-state index in [0.717, 1.165) is 22.3 Å². The fourth-order valence-electron chi connectivity index (χ4n) is 1.94. The number of hydrogen-bond donors (Lipinski definition) is 2. The van der Waals surface area contributed by atoms with Gasteiger partial charge < -0.3 is 10.6 Å². The molecule has 0 saturated heterocycles. The van der Waals surface area contributed by atoms with Gasteiger partial charge in [-0.1, -0.05) is 35.0 Å². The second-order valence-corrected chi connectivity index (χ2v) is 5.70. The average Bonchev–Trinajstić information content (AvgIpc) is 2.50. The molecule has 2 aromatic rings. The lowest BCUT2D eigenvalue weighted by molar-refractivity contribution is -0.115. The third-order valence-electron chi connectivity index (χ3n) is 3.17. The van der Waals surface area contributed by atoms with Crippen LogP contribution in [0, 0.1) is 0 Å². The van der Waals surface area contributed by atoms with Gasteiger partial charge in [0.15, 0.2) is 0 Å². The molecule has 0 spiro atoms. The van der Waals surface area contributed by atoms with Crippen LogP contribution in [0.15, 0.2) is 53.0 Å². The van der Waals surface area contributed by atoms with Crippen LogP contribution in [0.5, 0.6) is 0 Å². The summed E-state index contributed by atoms with van der Waals surface area (Å²) in [4.78, 5) is 11.9. The zero-order chi connectivity index (χ0) is 15.1. The maximum atomic E-state index is 11.9. The molecule has 0 heterocycles. The third kappa shape index (κ3) is 5.23. The van der Waals surface area contributed by atoms with Gasteiger partial charge in [0.2, 0.25) is 5.91 Å². The number of carbonyl (C=O) groups is 1. The number of hydrogen-bond acceptors (Lipinski definition) is 2. The Morgan fingerprint density at radius 3 is 2.24 bits per heavy atom. The number of carbonyl (C=O) groups excluding carboxylic acids is 1. The van der Waals surface area contributed by atoms with Gasteiger partial charge in [0.25, 0.3) is 0 Å². The summed E-state index contributed by atoms with van der Waals surface area (Å²) >= 11 is 3.39. The van der Waals surface area contributed by atoms with E-state index in [4.69, 9.17) is 0 Å². The Kier molecular flexibility index (Phi) is 5.81. The molecule has 3 nitrogen and oxygen atoms in total. The van der Waals surface area contributed by atoms with E-state index in [9.17, 15) is 4.79 Å². The van der Waals surface area contributed by atoms with Gasteiger partial charge in [-0.25, -0.2) is 0 Å². The fraction of sp³-hybridized carbons (Fsp3) is 0.235. The molecule has 0 radical (unpaired) electrons. The molecule has 2 aromatic carbocycles. The maximum absolute atomic E-state index is 11.9. The Balaban J connectivity index is 1.75. The van der Waals surface area contributed by atoms with Crippen LogP contribution in [-0.4, -0.2) is 12.5 Å². The maximum Gasteiger partial charge on any atom is 0.226 e. The predicted molar refractivity (Wildman–Crippen MR) is 91.7 cm³/mol. The minimum absolute atomic E-state index is 0.0175. The van der Waals surface area contributed by atoms with E-state index in [2.05, 4.69) is 33.5 Å². The van der Waals surface area contributed by atoms with Crippen molar-refractivity contribution in [3.05, 3.63) is 58.6 Å². The molecule has 0 unspecified atom stereocenters. The van der Waals surface area contributed by atoms with E-state index >= 15 is 0 Å². The normalized spacial score (nSPS) is 10.2. The molecule has 21 heavy (non-hydrogen) atoms. The van der Waals surface area contributed by atoms with Gasteiger partial charge in [-0.3, -0.25) is 4.79 Å². The van der Waals surface area contributed by atoms with Crippen LogP contribution in [0.1, 0.15) is 18.9 Å². The quantitative estimate of drug-likeness (QED) is 0.810. The first-order chi connectivity index (χ1) is 10.2. The van der Waals surface area contributed by atoms with Crippen molar-refractivity contribution in [2.75, 3.05) is 17.2 Å². The Labute approximate surface area is 133 Å². The smallest absolute Gasteiger partial charge is 0.226 e. The van der Waals surface area contributed by atoms with Crippen molar-refractivity contribution in [1.29, 1.82) is 0 Å². The minimum atomic E-state index is 0.0175. The van der Waals surface area contributed by atoms with Gasteiger partial charge in [-0.15, -0.1) is 0 Å². The van der Waals surface area contributed by atoms with E-state index in [1.807, 2.05) is 48.5 Å². The van der Waals surface area contributed by atoms with Gasteiger partial charge in [0.1, 0.15) is 0 Å². The molecule has 2 rings (SSSR count). The van der Waals surface area contributed by atoms with Crippen molar-refractivity contribution in [3.63, 3.8) is 0 Å². The number of aryl methyl sites for hydroxylation is 1. The first-order valence-corrected chi connectivity index (χ1v) is 7.85. The van der Waals surface area contributed by atoms with Crippen LogP contribution in [0.4, 0.5) is 11.4 Å². The predicted octanol–water partition coefficient (Wildman–Crippen LogP) is 4.45. The van der Waals surface area contributed by atoms with Crippen LogP contribution in [0.25, 0.3) is 0 Å². The van der Waals surface area contributed by atoms with E-state index < -0.39 is 0 Å². The van der Waals surface area contributed by atoms with Crippen molar-refractivity contribution in [1.82, 2.24) is 0 Å². The van der Waals surface area contributed by atoms with E-state index in [-0.39, 0.29) is 5.91 Å². The lowest BCUT2D eigenvalue weighted by Crippen LogP contribution is -2.16. The summed E-state index contributed by atoms with van der Waals surface area (Å²) in [7, 11) is 0. The summed E-state index contributed by atoms with van der Waals surface area (Å²) in [5, 5.41) is 6.13. The van der Waals surface area contributed by atoms with Crippen molar-refractivity contribution < 1.29 is 4.79 Å². The molecule has 110 valence electrons. The lowest BCUT2D eigenvalue weighted by Gasteiger charge is -2.08. The molecule has 0 fully saturated rings. The molecule has 2 N–H and O–H groups in total. The largest absolute Gasteiger partial charge is 0.385 e. The first kappa shape index (κ1) is 15.6. The monoisotopic (exact) mass is 346 g/mol. The molecule has 0 saturated carbocycles. The summed E-state index contributed by atoms with van der Waals surface area (Å²) in [6, 6.07) is 15.9. The van der Waals surface area contributed by atoms with E-state index in [1.54, 1.807) is 0 Å². The second kappa shape index (κ2) is 7.84. The van der Waals surface area contributed by atoms with Gasteiger partial charge in [-0.2, -0.15) is 0 Å². The highest BCUT2D eigenvalue weighted by Crippen LogP contribution is 2.14. The summed E-state index contributed by atoms with van der Waals surface area (Å²) in [6.45, 7) is 2.72. The standard InChI is InChI=1S/C17H19BrN2O/c1-2-13-3-7-16(8-4-13)20-17(21)11-12-19-15-9-5-14(18)6-10-15/h3-10,19H,2,11-12H2,1H3,(H,20,21). The molecule has 0 aliphatic rings. The molecular weight excluding hydrogens is 328 g/mol.